The zero-order chi connectivity index (χ0) is 13.7. The molecule has 2 fully saturated rings. The third-order valence-corrected chi connectivity index (χ3v) is 5.15. The second kappa shape index (κ2) is 6.74. The topological polar surface area (TPSA) is 49.3 Å². The molecule has 0 radical (unpaired) electrons. The Bertz CT molecular complexity index is 295. The van der Waals surface area contributed by atoms with E-state index in [9.17, 15) is 9.90 Å². The van der Waals surface area contributed by atoms with Crippen LogP contribution < -0.4 is 5.32 Å². The quantitative estimate of drug-likeness (QED) is 0.772. The van der Waals surface area contributed by atoms with E-state index in [1.165, 1.54) is 32.1 Å². The molecule has 0 aromatic carbocycles. The number of carbonyl (C=O) groups is 1. The Morgan fingerprint density at radius 2 is 1.74 bits per heavy atom. The number of aliphatic hydroxyl groups excluding tert-OH is 1. The maximum atomic E-state index is 12.4. The lowest BCUT2D eigenvalue weighted by Crippen LogP contribution is -2.43. The lowest BCUT2D eigenvalue weighted by molar-refractivity contribution is -0.131. The molecule has 0 aromatic heterocycles. The fourth-order valence-electron chi connectivity index (χ4n) is 3.60. The molecule has 2 unspecified atom stereocenters. The molecular formula is C16H29NO2. The minimum Gasteiger partial charge on any atom is -0.393 e. The number of rotatable bonds is 3. The van der Waals surface area contributed by atoms with Crippen LogP contribution in [0, 0.1) is 11.3 Å². The van der Waals surface area contributed by atoms with Crippen molar-refractivity contribution in [3.8, 4) is 0 Å². The van der Waals surface area contributed by atoms with Gasteiger partial charge in [-0.15, -0.1) is 0 Å². The Balaban J connectivity index is 1.82. The van der Waals surface area contributed by atoms with E-state index in [1.54, 1.807) is 0 Å². The van der Waals surface area contributed by atoms with Crippen LogP contribution in [0.3, 0.4) is 0 Å². The Labute approximate surface area is 117 Å². The molecule has 0 heterocycles. The summed E-state index contributed by atoms with van der Waals surface area (Å²) in [7, 11) is 0. The summed E-state index contributed by atoms with van der Waals surface area (Å²) in [5, 5.41) is 13.1. The van der Waals surface area contributed by atoms with Crippen LogP contribution in [0.2, 0.25) is 0 Å². The van der Waals surface area contributed by atoms with Crippen LogP contribution in [0.15, 0.2) is 0 Å². The second-order valence-corrected chi connectivity index (χ2v) is 6.80. The first kappa shape index (κ1) is 14.8. The SMILES string of the molecule is CC1(C(=O)NCC2CCCCC2O)CCCCCC1. The fraction of sp³-hybridized carbons (Fsp3) is 0.938. The lowest BCUT2D eigenvalue weighted by Gasteiger charge is -2.31. The van der Waals surface area contributed by atoms with Gasteiger partial charge >= 0.3 is 0 Å². The molecule has 2 N–H and O–H groups in total. The van der Waals surface area contributed by atoms with Crippen LogP contribution in [0.1, 0.15) is 71.1 Å². The van der Waals surface area contributed by atoms with E-state index in [-0.39, 0.29) is 23.3 Å². The number of nitrogens with one attached hydrogen (secondary N) is 1. The molecule has 0 aromatic rings. The Hall–Kier alpha value is -0.570. The molecule has 2 atom stereocenters. The molecule has 0 saturated heterocycles. The van der Waals surface area contributed by atoms with Crippen molar-refractivity contribution in [2.75, 3.05) is 6.54 Å². The molecule has 0 aliphatic heterocycles. The standard InChI is InChI=1S/C16H29NO2/c1-16(10-6-2-3-7-11-16)15(19)17-12-13-8-4-5-9-14(13)18/h13-14,18H,2-12H2,1H3,(H,17,19). The highest BCUT2D eigenvalue weighted by molar-refractivity contribution is 5.82. The summed E-state index contributed by atoms with van der Waals surface area (Å²) < 4.78 is 0. The highest BCUT2D eigenvalue weighted by Gasteiger charge is 2.34. The average molecular weight is 267 g/mol. The highest BCUT2D eigenvalue weighted by atomic mass is 16.3. The van der Waals surface area contributed by atoms with E-state index in [0.29, 0.717) is 6.54 Å². The van der Waals surface area contributed by atoms with Crippen molar-refractivity contribution >= 4 is 5.91 Å². The predicted octanol–water partition coefficient (Wildman–Crippen LogP) is 3.01. The van der Waals surface area contributed by atoms with Gasteiger partial charge < -0.3 is 10.4 Å². The Kier molecular flexibility index (Phi) is 5.26. The van der Waals surface area contributed by atoms with Crippen molar-refractivity contribution in [3.63, 3.8) is 0 Å². The number of hydrogen-bond donors (Lipinski definition) is 2. The number of amides is 1. The van der Waals surface area contributed by atoms with Crippen molar-refractivity contribution in [2.45, 2.75) is 77.2 Å². The maximum absolute atomic E-state index is 12.4. The zero-order valence-corrected chi connectivity index (χ0v) is 12.3. The van der Waals surface area contributed by atoms with E-state index < -0.39 is 0 Å². The zero-order valence-electron chi connectivity index (χ0n) is 12.3. The van der Waals surface area contributed by atoms with Gasteiger partial charge in [0, 0.05) is 17.9 Å². The van der Waals surface area contributed by atoms with Gasteiger partial charge in [0.05, 0.1) is 6.10 Å². The van der Waals surface area contributed by atoms with Crippen LogP contribution in [-0.2, 0) is 4.79 Å². The van der Waals surface area contributed by atoms with Gasteiger partial charge in [-0.2, -0.15) is 0 Å². The Morgan fingerprint density at radius 3 is 2.37 bits per heavy atom. The van der Waals surface area contributed by atoms with Crippen molar-refractivity contribution < 1.29 is 9.90 Å². The number of aliphatic hydroxyl groups is 1. The first-order valence-corrected chi connectivity index (χ1v) is 8.08. The first-order chi connectivity index (χ1) is 9.12. The molecule has 110 valence electrons. The van der Waals surface area contributed by atoms with Crippen LogP contribution in [0.4, 0.5) is 0 Å². The van der Waals surface area contributed by atoms with Crippen LogP contribution in [-0.4, -0.2) is 23.7 Å². The summed E-state index contributed by atoms with van der Waals surface area (Å²) in [5.41, 5.74) is -0.171. The summed E-state index contributed by atoms with van der Waals surface area (Å²) in [4.78, 5) is 12.4. The smallest absolute Gasteiger partial charge is 0.225 e. The van der Waals surface area contributed by atoms with Gasteiger partial charge in [-0.1, -0.05) is 45.4 Å². The van der Waals surface area contributed by atoms with Gasteiger partial charge in [-0.05, 0) is 25.7 Å². The molecule has 2 aliphatic rings. The van der Waals surface area contributed by atoms with E-state index in [0.717, 1.165) is 32.1 Å². The largest absolute Gasteiger partial charge is 0.393 e. The molecule has 1 amide bonds. The van der Waals surface area contributed by atoms with Gasteiger partial charge in [0.25, 0.3) is 0 Å². The summed E-state index contributed by atoms with van der Waals surface area (Å²) >= 11 is 0. The predicted molar refractivity (Wildman–Crippen MR) is 76.8 cm³/mol. The van der Waals surface area contributed by atoms with E-state index in [1.807, 2.05) is 0 Å². The molecule has 19 heavy (non-hydrogen) atoms. The molecule has 3 heteroatoms. The fourth-order valence-corrected chi connectivity index (χ4v) is 3.60. The molecule has 0 bridgehead atoms. The van der Waals surface area contributed by atoms with Gasteiger partial charge in [0.1, 0.15) is 0 Å². The van der Waals surface area contributed by atoms with Crippen LogP contribution >= 0.6 is 0 Å². The lowest BCUT2D eigenvalue weighted by atomic mass is 9.81. The van der Waals surface area contributed by atoms with Gasteiger partial charge in [0.2, 0.25) is 5.91 Å². The first-order valence-electron chi connectivity index (χ1n) is 8.08. The van der Waals surface area contributed by atoms with E-state index in [2.05, 4.69) is 12.2 Å². The third kappa shape index (κ3) is 3.95. The average Bonchev–Trinajstić information content (AvgIpc) is 2.63. The van der Waals surface area contributed by atoms with Crippen LogP contribution in [0.25, 0.3) is 0 Å². The normalized spacial score (nSPS) is 31.5. The van der Waals surface area contributed by atoms with Gasteiger partial charge in [0.15, 0.2) is 0 Å². The van der Waals surface area contributed by atoms with E-state index in [4.69, 9.17) is 0 Å². The summed E-state index contributed by atoms with van der Waals surface area (Å²) in [6, 6.07) is 0. The molecule has 2 rings (SSSR count). The van der Waals surface area contributed by atoms with Crippen molar-refractivity contribution in [1.82, 2.24) is 5.32 Å². The van der Waals surface area contributed by atoms with E-state index >= 15 is 0 Å². The molecule has 3 nitrogen and oxygen atoms in total. The van der Waals surface area contributed by atoms with Gasteiger partial charge in [-0.3, -0.25) is 4.79 Å². The monoisotopic (exact) mass is 267 g/mol. The molecule has 2 aliphatic carbocycles. The molecular weight excluding hydrogens is 238 g/mol. The highest BCUT2D eigenvalue weighted by Crippen LogP contribution is 2.35. The van der Waals surface area contributed by atoms with Crippen molar-refractivity contribution in [2.24, 2.45) is 11.3 Å². The molecule has 0 spiro atoms. The summed E-state index contributed by atoms with van der Waals surface area (Å²) in [6.07, 6.45) is 11.0. The maximum Gasteiger partial charge on any atom is 0.225 e. The Morgan fingerprint density at radius 1 is 1.11 bits per heavy atom. The minimum absolute atomic E-state index is 0.171. The van der Waals surface area contributed by atoms with Gasteiger partial charge in [-0.25, -0.2) is 0 Å². The number of hydrogen-bond acceptors (Lipinski definition) is 2. The number of carbonyl (C=O) groups excluding carboxylic acids is 1. The second-order valence-electron chi connectivity index (χ2n) is 6.80. The van der Waals surface area contributed by atoms with Crippen molar-refractivity contribution in [1.29, 1.82) is 0 Å². The molecule has 2 saturated carbocycles. The minimum atomic E-state index is -0.212. The third-order valence-electron chi connectivity index (χ3n) is 5.15. The van der Waals surface area contributed by atoms with Crippen LogP contribution in [0.5, 0.6) is 0 Å². The summed E-state index contributed by atoms with van der Waals surface area (Å²) in [5.74, 6) is 0.485. The summed E-state index contributed by atoms with van der Waals surface area (Å²) in [6.45, 7) is 2.78. The van der Waals surface area contributed by atoms with Crippen molar-refractivity contribution in [3.05, 3.63) is 0 Å².